The molecule has 1 aliphatic heterocycles. The molecule has 0 aromatic heterocycles. The maximum atomic E-state index is 12.7. The lowest BCUT2D eigenvalue weighted by Gasteiger charge is -2.49. The van der Waals surface area contributed by atoms with Gasteiger partial charge in [-0.05, 0) is 80.5 Å². The quantitative estimate of drug-likeness (QED) is 0.515. The van der Waals surface area contributed by atoms with E-state index in [2.05, 4.69) is 21.0 Å². The van der Waals surface area contributed by atoms with Crippen LogP contribution in [0.1, 0.15) is 54.9 Å². The predicted octanol–water partition coefficient (Wildman–Crippen LogP) is 3.09. The van der Waals surface area contributed by atoms with E-state index in [1.165, 1.54) is 23.1 Å². The third-order valence-corrected chi connectivity index (χ3v) is 8.38. The fraction of sp³-hybridized carbons (Fsp3) is 0.583. The summed E-state index contributed by atoms with van der Waals surface area (Å²) in [5.74, 6) is 0. The van der Waals surface area contributed by atoms with Gasteiger partial charge in [0.05, 0.1) is 0 Å². The highest BCUT2D eigenvalue weighted by Crippen LogP contribution is 2.38. The van der Waals surface area contributed by atoms with Crippen molar-refractivity contribution in [2.45, 2.75) is 63.8 Å². The predicted molar refractivity (Wildman–Crippen MR) is 131 cm³/mol. The number of nitrogens with zero attached hydrogens (tertiary/aromatic N) is 2. The van der Waals surface area contributed by atoms with Crippen LogP contribution in [0.3, 0.4) is 0 Å². The minimum Gasteiger partial charge on any atom is -0.465 e. The Bertz CT molecular complexity index is 1080. The largest absolute Gasteiger partial charge is 0.465 e. The molecule has 3 aliphatic rings. The molecule has 0 bridgehead atoms. The summed E-state index contributed by atoms with van der Waals surface area (Å²) >= 11 is 0. The summed E-state index contributed by atoms with van der Waals surface area (Å²) in [5, 5.41) is 12.9. The fourth-order valence-electron chi connectivity index (χ4n) is 5.28. The molecule has 0 spiro atoms. The minimum atomic E-state index is -3.96. The number of sulfonamides is 1. The Hall–Kier alpha value is -2.59. The van der Waals surface area contributed by atoms with Crippen LogP contribution in [0.25, 0.3) is 0 Å². The third-order valence-electron chi connectivity index (χ3n) is 7.41. The molecule has 1 fully saturated rings. The fourth-order valence-corrected chi connectivity index (χ4v) is 6.13. The van der Waals surface area contributed by atoms with E-state index in [4.69, 9.17) is 5.11 Å². The number of nitrogens with one attached hydrogen (secondary N) is 2. The summed E-state index contributed by atoms with van der Waals surface area (Å²) in [6.07, 6.45) is 8.02. The third kappa shape index (κ3) is 5.22. The first kappa shape index (κ1) is 24.5. The smallest absolute Gasteiger partial charge is 0.407 e. The van der Waals surface area contributed by atoms with Crippen LogP contribution >= 0.6 is 0 Å². The number of anilines is 1. The van der Waals surface area contributed by atoms with Gasteiger partial charge in [0.15, 0.2) is 0 Å². The van der Waals surface area contributed by atoms with Crippen LogP contribution in [0.4, 0.5) is 15.3 Å². The molecule has 0 radical (unpaired) electrons. The number of benzene rings is 1. The first-order valence-corrected chi connectivity index (χ1v) is 13.5. The van der Waals surface area contributed by atoms with Crippen LogP contribution in [-0.2, 0) is 35.7 Å². The van der Waals surface area contributed by atoms with E-state index in [0.717, 1.165) is 73.7 Å². The molecule has 1 heterocycles. The van der Waals surface area contributed by atoms with Crippen LogP contribution in [0.2, 0.25) is 0 Å². The topological polar surface area (TPSA) is 119 Å². The van der Waals surface area contributed by atoms with E-state index in [1.54, 1.807) is 6.08 Å². The Labute approximate surface area is 201 Å². The van der Waals surface area contributed by atoms with Gasteiger partial charge in [0.2, 0.25) is 0 Å². The van der Waals surface area contributed by atoms with Crippen molar-refractivity contribution in [3.63, 3.8) is 0 Å². The first-order chi connectivity index (χ1) is 16.1. The molecule has 1 aromatic carbocycles. The molecule has 0 saturated carbocycles. The number of carboxylic acid groups (broad SMARTS) is 1. The van der Waals surface area contributed by atoms with Crippen molar-refractivity contribution in [1.29, 1.82) is 0 Å². The summed E-state index contributed by atoms with van der Waals surface area (Å²) in [6.45, 7) is 3.84. The summed E-state index contributed by atoms with van der Waals surface area (Å²) in [4.78, 5) is 26.9. The van der Waals surface area contributed by atoms with E-state index in [9.17, 15) is 18.0 Å². The molecule has 9 nitrogen and oxygen atoms in total. The zero-order chi connectivity index (χ0) is 24.5. The molecule has 3 amide bonds. The highest BCUT2D eigenvalue weighted by Gasteiger charge is 2.38. The summed E-state index contributed by atoms with van der Waals surface area (Å²) in [5.41, 5.74) is 5.21. The van der Waals surface area contributed by atoms with Gasteiger partial charge in [0.25, 0.3) is 10.0 Å². The first-order valence-electron chi connectivity index (χ1n) is 12.0. The lowest BCUT2D eigenvalue weighted by molar-refractivity contribution is 0.0373. The second-order valence-corrected chi connectivity index (χ2v) is 11.4. The van der Waals surface area contributed by atoms with Crippen LogP contribution in [0, 0.1) is 0 Å². The number of urea groups is 1. The molecule has 1 saturated heterocycles. The van der Waals surface area contributed by atoms with E-state index in [1.807, 2.05) is 6.92 Å². The minimum absolute atomic E-state index is 0.415. The van der Waals surface area contributed by atoms with E-state index in [0.29, 0.717) is 19.5 Å². The molecule has 1 atom stereocenters. The van der Waals surface area contributed by atoms with Crippen molar-refractivity contribution >= 4 is 27.8 Å². The van der Waals surface area contributed by atoms with Gasteiger partial charge in [-0.2, -0.15) is 0 Å². The van der Waals surface area contributed by atoms with Gasteiger partial charge in [0.1, 0.15) is 0 Å². The Morgan fingerprint density at radius 2 is 1.82 bits per heavy atom. The van der Waals surface area contributed by atoms with E-state index >= 15 is 0 Å². The number of aryl methyl sites for hydroxylation is 2. The number of fused-ring (bicyclic) bond motifs is 2. The number of carbonyl (C=O) groups is 2. The van der Waals surface area contributed by atoms with E-state index < -0.39 is 27.7 Å². The SMILES string of the molecule is CN(CCCN1CCC1(C)/C=C/S(=O)(=O)NC(=O)Nc1c2c(cc3c1CCC3)CCC2)C(=O)O. The number of rotatable bonds is 8. The lowest BCUT2D eigenvalue weighted by atomic mass is 9.86. The number of amides is 3. The molecule has 1 unspecified atom stereocenters. The second-order valence-electron chi connectivity index (χ2n) is 9.79. The second kappa shape index (κ2) is 9.58. The van der Waals surface area contributed by atoms with Crippen LogP contribution in [0.15, 0.2) is 17.6 Å². The average molecular weight is 491 g/mol. The Morgan fingerprint density at radius 1 is 1.18 bits per heavy atom. The number of hydrogen-bond donors (Lipinski definition) is 3. The Balaban J connectivity index is 1.36. The standard InChI is InChI=1S/C24H34N4O5S/c1-24(10-14-28(24)13-5-12-27(2)23(30)31)11-15-34(32,33)26-22(29)25-21-19-8-3-6-17(19)16-18-7-4-9-20(18)21/h11,15-16H,3-10,12-14H2,1-2H3,(H,30,31)(H2,25,26,29)/b15-11+. The lowest BCUT2D eigenvalue weighted by Crippen LogP contribution is -2.57. The molecular weight excluding hydrogens is 456 g/mol. The summed E-state index contributed by atoms with van der Waals surface area (Å²) < 4.78 is 27.4. The molecule has 34 heavy (non-hydrogen) atoms. The van der Waals surface area contributed by atoms with Crippen LogP contribution < -0.4 is 10.0 Å². The molecular formula is C24H34N4O5S. The van der Waals surface area contributed by atoms with E-state index in [-0.39, 0.29) is 0 Å². The molecule has 10 heteroatoms. The number of carbonyl (C=O) groups excluding carboxylic acids is 1. The zero-order valence-electron chi connectivity index (χ0n) is 19.9. The maximum Gasteiger partial charge on any atom is 0.407 e. The van der Waals surface area contributed by atoms with Gasteiger partial charge in [-0.3, -0.25) is 4.90 Å². The average Bonchev–Trinajstić information content (AvgIpc) is 3.42. The van der Waals surface area contributed by atoms with Crippen molar-refractivity contribution in [1.82, 2.24) is 14.5 Å². The monoisotopic (exact) mass is 490 g/mol. The molecule has 3 N–H and O–H groups in total. The maximum absolute atomic E-state index is 12.7. The molecule has 2 aliphatic carbocycles. The van der Waals surface area contributed by atoms with Gasteiger partial charge in [-0.25, -0.2) is 22.7 Å². The molecule has 1 aromatic rings. The highest BCUT2D eigenvalue weighted by molar-refractivity contribution is 7.92. The Kier molecular flexibility index (Phi) is 6.91. The summed E-state index contributed by atoms with van der Waals surface area (Å²) in [7, 11) is -2.44. The number of hydrogen-bond acceptors (Lipinski definition) is 5. The summed E-state index contributed by atoms with van der Waals surface area (Å²) in [6, 6.07) is 1.53. The van der Waals surface area contributed by atoms with Crippen LogP contribution in [-0.4, -0.2) is 67.7 Å². The zero-order valence-corrected chi connectivity index (χ0v) is 20.7. The number of likely N-dealkylation sites (tertiary alicyclic amines) is 1. The van der Waals surface area contributed by atoms with Gasteiger partial charge >= 0.3 is 12.1 Å². The van der Waals surface area contributed by atoms with Gasteiger partial charge < -0.3 is 15.3 Å². The van der Waals surface area contributed by atoms with Gasteiger partial charge in [-0.15, -0.1) is 0 Å². The van der Waals surface area contributed by atoms with Crippen molar-refractivity contribution in [3.05, 3.63) is 39.8 Å². The Morgan fingerprint density at radius 3 is 2.38 bits per heavy atom. The van der Waals surface area contributed by atoms with Crippen molar-refractivity contribution < 1.29 is 23.1 Å². The van der Waals surface area contributed by atoms with Gasteiger partial charge in [0, 0.05) is 43.3 Å². The normalized spacial score (nSPS) is 21.7. The molecule has 186 valence electrons. The van der Waals surface area contributed by atoms with Gasteiger partial charge in [-0.1, -0.05) is 12.1 Å². The molecule has 4 rings (SSSR count). The van der Waals surface area contributed by atoms with Crippen LogP contribution in [0.5, 0.6) is 0 Å². The van der Waals surface area contributed by atoms with Crippen molar-refractivity contribution in [2.75, 3.05) is 32.0 Å². The van der Waals surface area contributed by atoms with Crippen molar-refractivity contribution in [3.8, 4) is 0 Å². The highest BCUT2D eigenvalue weighted by atomic mass is 32.2. The van der Waals surface area contributed by atoms with Crippen molar-refractivity contribution in [2.24, 2.45) is 0 Å².